The van der Waals surface area contributed by atoms with E-state index in [0.717, 1.165) is 128 Å². The van der Waals surface area contributed by atoms with Crippen LogP contribution in [-0.2, 0) is 28.6 Å². The normalized spacial score (nSPS) is 13.1. The van der Waals surface area contributed by atoms with Crippen LogP contribution >= 0.6 is 0 Å². The van der Waals surface area contributed by atoms with Crippen molar-refractivity contribution < 1.29 is 28.6 Å². The van der Waals surface area contributed by atoms with Gasteiger partial charge in [0.05, 0.1) is 0 Å². The molecule has 0 fully saturated rings. The number of hydrogen-bond acceptors (Lipinski definition) is 6. The van der Waals surface area contributed by atoms with E-state index in [1.807, 2.05) is 0 Å². The van der Waals surface area contributed by atoms with Gasteiger partial charge in [0.2, 0.25) is 0 Å². The van der Waals surface area contributed by atoms with Gasteiger partial charge in [-0.1, -0.05) is 263 Å². The van der Waals surface area contributed by atoms with E-state index in [1.165, 1.54) is 109 Å². The quantitative estimate of drug-likeness (QED) is 0.0261. The molecular formula is C74H120O6. The van der Waals surface area contributed by atoms with Crippen molar-refractivity contribution in [1.29, 1.82) is 0 Å². The molecule has 0 aliphatic carbocycles. The molecule has 0 radical (unpaired) electrons. The van der Waals surface area contributed by atoms with Gasteiger partial charge in [0.15, 0.2) is 6.10 Å². The van der Waals surface area contributed by atoms with Crippen molar-refractivity contribution >= 4 is 17.9 Å². The molecule has 80 heavy (non-hydrogen) atoms. The number of unbranched alkanes of at least 4 members (excludes halogenated alkanes) is 23. The Morgan fingerprint density at radius 3 is 0.812 bits per heavy atom. The third-order valence-electron chi connectivity index (χ3n) is 13.5. The van der Waals surface area contributed by atoms with E-state index < -0.39 is 6.10 Å². The zero-order chi connectivity index (χ0) is 57.8. The van der Waals surface area contributed by atoms with Gasteiger partial charge in [-0.15, -0.1) is 0 Å². The van der Waals surface area contributed by atoms with Crippen LogP contribution in [0.25, 0.3) is 0 Å². The molecule has 6 nitrogen and oxygen atoms in total. The number of allylic oxidation sites excluding steroid dienone is 24. The lowest BCUT2D eigenvalue weighted by Gasteiger charge is -2.18. The molecule has 0 rings (SSSR count). The van der Waals surface area contributed by atoms with E-state index in [9.17, 15) is 14.4 Å². The first kappa shape index (κ1) is 75.3. The smallest absolute Gasteiger partial charge is 0.306 e. The van der Waals surface area contributed by atoms with Crippen LogP contribution in [0, 0.1) is 0 Å². The Balaban J connectivity index is 4.50. The highest BCUT2D eigenvalue weighted by Gasteiger charge is 2.19. The molecule has 6 heteroatoms. The number of ether oxygens (including phenoxy) is 3. The molecule has 0 aromatic rings. The standard InChI is InChI=1S/C74H120O6/c1-4-7-10-13-16-19-22-25-28-31-33-34-35-36-37-38-39-40-41-44-46-49-52-55-58-61-64-67-73(76)79-70-71(69-78-72(75)66-63-60-57-54-51-48-45-42-30-27-24-21-18-15-12-9-6-3)80-74(77)68-65-62-59-56-53-50-47-43-32-29-26-23-20-17-14-11-8-5-2/h7,10,16,18-21,23,25,27-30,32-34,36-37,39-40,44,46,52,55,71H,4-6,8-9,11-15,17,22,24,26,31,35,38,41-43,45,47-51,53-54,56-70H2,1-3H3/b10-7-,19-16-,21-18-,23-20-,28-25-,30-27-,32-29-,34-33-,37-36-,40-39-,46-44-,55-52-. The minimum atomic E-state index is -0.812. The largest absolute Gasteiger partial charge is 0.462 e. The summed E-state index contributed by atoms with van der Waals surface area (Å²) in [6.45, 7) is 6.44. The van der Waals surface area contributed by atoms with Crippen molar-refractivity contribution in [3.05, 3.63) is 146 Å². The van der Waals surface area contributed by atoms with Crippen molar-refractivity contribution in [2.75, 3.05) is 13.2 Å². The van der Waals surface area contributed by atoms with Gasteiger partial charge in [-0.25, -0.2) is 0 Å². The molecule has 0 aliphatic rings. The zero-order valence-corrected chi connectivity index (χ0v) is 51.8. The predicted molar refractivity (Wildman–Crippen MR) is 348 cm³/mol. The summed E-state index contributed by atoms with van der Waals surface area (Å²) in [4.78, 5) is 38.4. The monoisotopic (exact) mass is 1100 g/mol. The van der Waals surface area contributed by atoms with Crippen LogP contribution in [0.4, 0.5) is 0 Å². The molecule has 0 aromatic carbocycles. The zero-order valence-electron chi connectivity index (χ0n) is 51.8. The number of esters is 3. The topological polar surface area (TPSA) is 78.9 Å². The number of rotatable bonds is 58. The Bertz CT molecular complexity index is 1750. The summed E-state index contributed by atoms with van der Waals surface area (Å²) < 4.78 is 16.9. The van der Waals surface area contributed by atoms with E-state index in [2.05, 4.69) is 167 Å². The third kappa shape index (κ3) is 64.1. The SMILES string of the molecule is CC/C=C\C/C=C\C/C=C\C/C=C\C/C=C\C/C=C\C/C=C\C/C=C\CCCCC(=O)OCC(COC(=O)CCCCCCCCC/C=C\C/C=C\CCCCC)OC(=O)CCCCCCCCC/C=C\C/C=C\CCCCCC. The molecule has 1 unspecified atom stereocenters. The van der Waals surface area contributed by atoms with Crippen LogP contribution in [0.2, 0.25) is 0 Å². The summed E-state index contributed by atoms with van der Waals surface area (Å²) >= 11 is 0. The highest BCUT2D eigenvalue weighted by atomic mass is 16.6. The minimum absolute atomic E-state index is 0.104. The average molecular weight is 1110 g/mol. The van der Waals surface area contributed by atoms with Crippen LogP contribution in [-0.4, -0.2) is 37.2 Å². The Kier molecular flexibility index (Phi) is 62.9. The molecule has 0 saturated carbocycles. The van der Waals surface area contributed by atoms with Gasteiger partial charge in [-0.3, -0.25) is 14.4 Å². The molecule has 0 saturated heterocycles. The van der Waals surface area contributed by atoms with Gasteiger partial charge >= 0.3 is 17.9 Å². The molecule has 0 spiro atoms. The highest BCUT2D eigenvalue weighted by molar-refractivity contribution is 5.71. The van der Waals surface area contributed by atoms with Crippen LogP contribution in [0.3, 0.4) is 0 Å². The van der Waals surface area contributed by atoms with Crippen LogP contribution in [0.5, 0.6) is 0 Å². The van der Waals surface area contributed by atoms with Gasteiger partial charge in [-0.05, 0) is 148 Å². The van der Waals surface area contributed by atoms with Gasteiger partial charge in [-0.2, -0.15) is 0 Å². The Labute approximate surface area is 493 Å². The fraction of sp³-hybridized carbons (Fsp3) is 0.635. The van der Waals surface area contributed by atoms with E-state index in [0.29, 0.717) is 25.7 Å². The Morgan fingerprint density at radius 2 is 0.487 bits per heavy atom. The van der Waals surface area contributed by atoms with Crippen LogP contribution in [0.1, 0.15) is 284 Å². The van der Waals surface area contributed by atoms with Gasteiger partial charge in [0.25, 0.3) is 0 Å². The second kappa shape index (κ2) is 66.8. The van der Waals surface area contributed by atoms with Gasteiger partial charge in [0, 0.05) is 19.3 Å². The molecule has 0 bridgehead atoms. The molecule has 0 N–H and O–H groups in total. The highest BCUT2D eigenvalue weighted by Crippen LogP contribution is 2.14. The summed E-state index contributed by atoms with van der Waals surface area (Å²) in [7, 11) is 0. The van der Waals surface area contributed by atoms with E-state index >= 15 is 0 Å². The molecule has 0 aromatic heterocycles. The maximum Gasteiger partial charge on any atom is 0.306 e. The molecule has 452 valence electrons. The molecule has 1 atom stereocenters. The van der Waals surface area contributed by atoms with Crippen molar-refractivity contribution in [1.82, 2.24) is 0 Å². The average Bonchev–Trinajstić information content (AvgIpc) is 3.46. The first-order valence-electron chi connectivity index (χ1n) is 32.8. The summed E-state index contributed by atoms with van der Waals surface area (Å²) in [6.07, 6.45) is 95.6. The van der Waals surface area contributed by atoms with Crippen molar-refractivity contribution in [3.8, 4) is 0 Å². The lowest BCUT2D eigenvalue weighted by Crippen LogP contribution is -2.30. The van der Waals surface area contributed by atoms with E-state index in [-0.39, 0.29) is 31.1 Å². The van der Waals surface area contributed by atoms with Crippen molar-refractivity contribution in [3.63, 3.8) is 0 Å². The number of carbonyl (C=O) groups excluding carboxylic acids is 3. The lowest BCUT2D eigenvalue weighted by molar-refractivity contribution is -0.167. The Morgan fingerprint density at radius 1 is 0.263 bits per heavy atom. The van der Waals surface area contributed by atoms with Gasteiger partial charge < -0.3 is 14.2 Å². The van der Waals surface area contributed by atoms with E-state index in [1.54, 1.807) is 0 Å². The maximum atomic E-state index is 12.9. The number of carbonyl (C=O) groups is 3. The number of hydrogen-bond donors (Lipinski definition) is 0. The summed E-state index contributed by atoms with van der Waals surface area (Å²) in [5, 5.41) is 0. The molecule has 0 heterocycles. The molecule has 0 amide bonds. The Hall–Kier alpha value is -4.71. The first-order valence-corrected chi connectivity index (χ1v) is 32.8. The second-order valence-electron chi connectivity index (χ2n) is 21.3. The fourth-order valence-corrected chi connectivity index (χ4v) is 8.64. The lowest BCUT2D eigenvalue weighted by atomic mass is 10.1. The van der Waals surface area contributed by atoms with Crippen LogP contribution < -0.4 is 0 Å². The second-order valence-corrected chi connectivity index (χ2v) is 21.3. The predicted octanol–water partition coefficient (Wildman–Crippen LogP) is 22.7. The van der Waals surface area contributed by atoms with Crippen molar-refractivity contribution in [2.24, 2.45) is 0 Å². The molecule has 0 aliphatic heterocycles. The van der Waals surface area contributed by atoms with E-state index in [4.69, 9.17) is 14.2 Å². The molecular weight excluding hydrogens is 985 g/mol. The minimum Gasteiger partial charge on any atom is -0.462 e. The maximum absolute atomic E-state index is 12.9. The fourth-order valence-electron chi connectivity index (χ4n) is 8.64. The first-order chi connectivity index (χ1) is 39.5. The summed E-state index contributed by atoms with van der Waals surface area (Å²) in [5.41, 5.74) is 0. The van der Waals surface area contributed by atoms with Crippen LogP contribution in [0.15, 0.2) is 146 Å². The summed E-state index contributed by atoms with van der Waals surface area (Å²) in [6, 6.07) is 0. The van der Waals surface area contributed by atoms with Crippen molar-refractivity contribution in [2.45, 2.75) is 290 Å². The summed E-state index contributed by atoms with van der Waals surface area (Å²) in [5.74, 6) is -0.963. The third-order valence-corrected chi connectivity index (χ3v) is 13.5. The van der Waals surface area contributed by atoms with Gasteiger partial charge in [0.1, 0.15) is 13.2 Å².